The van der Waals surface area contributed by atoms with E-state index in [1.54, 1.807) is 0 Å². The van der Waals surface area contributed by atoms with Crippen molar-refractivity contribution in [1.82, 2.24) is 0 Å². The van der Waals surface area contributed by atoms with Gasteiger partial charge in [-0.25, -0.2) is 0 Å². The van der Waals surface area contributed by atoms with Gasteiger partial charge in [0.05, 0.1) is 0 Å². The van der Waals surface area contributed by atoms with Gasteiger partial charge >= 0.3 is 0 Å². The predicted molar refractivity (Wildman–Crippen MR) is 62.4 cm³/mol. The zero-order valence-corrected chi connectivity index (χ0v) is 9.98. The Bertz CT molecular complexity index is 327. The Labute approximate surface area is 85.1 Å². The van der Waals surface area contributed by atoms with Crippen LogP contribution in [-0.4, -0.2) is 5.16 Å². The SMILES string of the molecule is CC(C)(C)P(=O)(S)c1ccccc1. The van der Waals surface area contributed by atoms with Gasteiger partial charge in [0.15, 0.2) is 6.34 Å². The first-order valence-electron chi connectivity index (χ1n) is 4.24. The van der Waals surface area contributed by atoms with Crippen LogP contribution in [0.1, 0.15) is 20.8 Å². The molecule has 0 fully saturated rings. The minimum atomic E-state index is -2.53. The van der Waals surface area contributed by atoms with E-state index in [9.17, 15) is 4.57 Å². The molecule has 3 heteroatoms. The van der Waals surface area contributed by atoms with E-state index < -0.39 is 6.34 Å². The van der Waals surface area contributed by atoms with Crippen LogP contribution in [-0.2, 0) is 4.57 Å². The van der Waals surface area contributed by atoms with Crippen molar-refractivity contribution in [2.75, 3.05) is 0 Å². The monoisotopic (exact) mass is 214 g/mol. The molecule has 0 saturated carbocycles. The molecule has 72 valence electrons. The molecule has 1 aromatic carbocycles. The molecule has 0 saturated heterocycles. The zero-order valence-electron chi connectivity index (χ0n) is 8.19. The maximum atomic E-state index is 12.3. The van der Waals surface area contributed by atoms with Crippen molar-refractivity contribution in [3.8, 4) is 0 Å². The van der Waals surface area contributed by atoms with Crippen molar-refractivity contribution in [3.05, 3.63) is 30.3 Å². The molecule has 0 amide bonds. The first kappa shape index (κ1) is 10.9. The molecule has 0 radical (unpaired) electrons. The second kappa shape index (κ2) is 3.51. The van der Waals surface area contributed by atoms with Gasteiger partial charge in [-0.3, -0.25) is 0 Å². The van der Waals surface area contributed by atoms with Crippen molar-refractivity contribution in [1.29, 1.82) is 0 Å². The average molecular weight is 214 g/mol. The van der Waals surface area contributed by atoms with Crippen molar-refractivity contribution < 1.29 is 4.57 Å². The summed E-state index contributed by atoms with van der Waals surface area (Å²) in [5, 5.41) is 0.558. The lowest BCUT2D eigenvalue weighted by molar-refractivity contribution is 0.568. The Morgan fingerprint density at radius 2 is 1.62 bits per heavy atom. The molecule has 13 heavy (non-hydrogen) atoms. The highest BCUT2D eigenvalue weighted by atomic mass is 32.7. The van der Waals surface area contributed by atoms with Gasteiger partial charge < -0.3 is 4.57 Å². The molecule has 0 spiro atoms. The van der Waals surface area contributed by atoms with Gasteiger partial charge in [-0.2, -0.15) is 0 Å². The van der Waals surface area contributed by atoms with Crippen LogP contribution in [0.5, 0.6) is 0 Å². The fourth-order valence-corrected chi connectivity index (χ4v) is 2.77. The average Bonchev–Trinajstić information content (AvgIpc) is 2.04. The van der Waals surface area contributed by atoms with E-state index in [2.05, 4.69) is 12.2 Å². The van der Waals surface area contributed by atoms with Crippen LogP contribution in [0.15, 0.2) is 30.3 Å². The first-order valence-corrected chi connectivity index (χ1v) is 7.10. The van der Waals surface area contributed by atoms with Gasteiger partial charge in [-0.1, -0.05) is 51.1 Å². The van der Waals surface area contributed by atoms with E-state index in [-0.39, 0.29) is 5.16 Å². The first-order chi connectivity index (χ1) is 5.86. The van der Waals surface area contributed by atoms with E-state index in [0.717, 1.165) is 5.30 Å². The molecule has 0 aliphatic rings. The van der Waals surface area contributed by atoms with Crippen LogP contribution in [0.4, 0.5) is 0 Å². The summed E-state index contributed by atoms with van der Waals surface area (Å²) in [6, 6.07) is 9.45. The molecule has 0 aromatic heterocycles. The van der Waals surface area contributed by atoms with Crippen LogP contribution in [0.2, 0.25) is 0 Å². The smallest absolute Gasteiger partial charge is 0.169 e. The van der Waals surface area contributed by atoms with Gasteiger partial charge in [-0.05, 0) is 0 Å². The number of hydrogen-bond acceptors (Lipinski definition) is 1. The standard InChI is InChI=1S/C10H15OPS/c1-10(2,3)12(11,13)9-7-5-4-6-8-9/h4-8H,1-3H3,(H,11,13). The van der Waals surface area contributed by atoms with Crippen LogP contribution >= 0.6 is 18.6 Å². The minimum Gasteiger partial charge on any atom is -0.307 e. The lowest BCUT2D eigenvalue weighted by atomic mass is 10.3. The number of thiol groups is 1. The fraction of sp³-hybridized carbons (Fsp3) is 0.400. The van der Waals surface area contributed by atoms with Crippen molar-refractivity contribution in [2.45, 2.75) is 25.9 Å². The summed E-state index contributed by atoms with van der Waals surface area (Å²) in [6.07, 6.45) is -2.53. The Morgan fingerprint density at radius 3 is 2.00 bits per heavy atom. The van der Waals surface area contributed by atoms with Gasteiger partial charge in [0.2, 0.25) is 0 Å². The molecular formula is C10H15OPS. The third kappa shape index (κ3) is 2.18. The van der Waals surface area contributed by atoms with Crippen LogP contribution in [0, 0.1) is 0 Å². The van der Waals surface area contributed by atoms with Gasteiger partial charge in [-0.15, -0.1) is 12.2 Å². The number of hydrogen-bond donors (Lipinski definition) is 1. The summed E-state index contributed by atoms with van der Waals surface area (Å²) in [4.78, 5) is 0. The quantitative estimate of drug-likeness (QED) is 0.560. The maximum absolute atomic E-state index is 12.3. The van der Waals surface area contributed by atoms with E-state index in [0.29, 0.717) is 0 Å². The molecule has 1 atom stereocenters. The molecule has 1 rings (SSSR count). The Kier molecular flexibility index (Phi) is 2.94. The zero-order chi connectivity index (χ0) is 10.1. The Hall–Kier alpha value is -0.200. The summed E-state index contributed by atoms with van der Waals surface area (Å²) in [5.74, 6) is 0. The van der Waals surface area contributed by atoms with Crippen molar-refractivity contribution in [2.24, 2.45) is 0 Å². The molecular weight excluding hydrogens is 199 g/mol. The van der Waals surface area contributed by atoms with Gasteiger partial charge in [0, 0.05) is 10.5 Å². The Morgan fingerprint density at radius 1 is 1.15 bits per heavy atom. The largest absolute Gasteiger partial charge is 0.307 e. The van der Waals surface area contributed by atoms with Gasteiger partial charge in [0.1, 0.15) is 0 Å². The maximum Gasteiger partial charge on any atom is 0.169 e. The summed E-state index contributed by atoms with van der Waals surface area (Å²) >= 11 is 4.31. The molecule has 0 heterocycles. The van der Waals surface area contributed by atoms with Crippen molar-refractivity contribution in [3.63, 3.8) is 0 Å². The molecule has 1 aromatic rings. The third-order valence-electron chi connectivity index (χ3n) is 2.02. The minimum absolute atomic E-state index is 0.280. The predicted octanol–water partition coefficient (Wildman–Crippen LogP) is 3.32. The molecule has 0 N–H and O–H groups in total. The van der Waals surface area contributed by atoms with E-state index in [1.165, 1.54) is 0 Å². The van der Waals surface area contributed by atoms with Gasteiger partial charge in [0.25, 0.3) is 0 Å². The molecule has 0 bridgehead atoms. The lowest BCUT2D eigenvalue weighted by Crippen LogP contribution is -2.19. The highest BCUT2D eigenvalue weighted by Gasteiger charge is 2.34. The van der Waals surface area contributed by atoms with E-state index >= 15 is 0 Å². The highest BCUT2D eigenvalue weighted by molar-refractivity contribution is 8.51. The summed E-state index contributed by atoms with van der Waals surface area (Å²) in [5.41, 5.74) is 0. The highest BCUT2D eigenvalue weighted by Crippen LogP contribution is 2.60. The third-order valence-corrected chi connectivity index (χ3v) is 7.32. The van der Waals surface area contributed by atoms with Crippen LogP contribution in [0.3, 0.4) is 0 Å². The number of benzene rings is 1. The van der Waals surface area contributed by atoms with Crippen LogP contribution < -0.4 is 5.30 Å². The normalized spacial score (nSPS) is 16.6. The fourth-order valence-electron chi connectivity index (χ4n) is 1.02. The Balaban J connectivity index is 3.17. The molecule has 1 unspecified atom stereocenters. The van der Waals surface area contributed by atoms with E-state index in [4.69, 9.17) is 0 Å². The lowest BCUT2D eigenvalue weighted by Gasteiger charge is -2.26. The van der Waals surface area contributed by atoms with E-state index in [1.807, 2.05) is 51.1 Å². The topological polar surface area (TPSA) is 17.1 Å². The summed E-state index contributed by atoms with van der Waals surface area (Å²) in [7, 11) is 0. The second-order valence-corrected chi connectivity index (χ2v) is 8.78. The second-order valence-electron chi connectivity index (χ2n) is 4.08. The summed E-state index contributed by atoms with van der Waals surface area (Å²) < 4.78 is 12.3. The van der Waals surface area contributed by atoms with Crippen molar-refractivity contribution >= 4 is 23.9 Å². The van der Waals surface area contributed by atoms with Crippen LogP contribution in [0.25, 0.3) is 0 Å². The molecule has 0 aliphatic heterocycles. The summed E-state index contributed by atoms with van der Waals surface area (Å²) in [6.45, 7) is 5.86. The molecule has 0 aliphatic carbocycles. The number of rotatable bonds is 1. The molecule has 1 nitrogen and oxygen atoms in total.